The zero-order chi connectivity index (χ0) is 15.6. The van der Waals surface area contributed by atoms with Crippen LogP contribution in [0.4, 0.5) is 11.4 Å². The highest BCUT2D eigenvalue weighted by molar-refractivity contribution is 7.91. The topological polar surface area (TPSA) is 127 Å². The number of sulfone groups is 1. The molecule has 114 valence electrons. The number of aromatic carboxylic acids is 1. The van der Waals surface area contributed by atoms with E-state index in [0.717, 1.165) is 6.07 Å². The van der Waals surface area contributed by atoms with Gasteiger partial charge >= 0.3 is 5.97 Å². The summed E-state index contributed by atoms with van der Waals surface area (Å²) in [6, 6.07) is 3.10. The van der Waals surface area contributed by atoms with E-state index in [4.69, 9.17) is 5.11 Å². The predicted molar refractivity (Wildman–Crippen MR) is 75.4 cm³/mol. The molecule has 0 spiro atoms. The Kier molecular flexibility index (Phi) is 4.12. The van der Waals surface area contributed by atoms with Crippen LogP contribution in [-0.4, -0.2) is 42.0 Å². The van der Waals surface area contributed by atoms with Gasteiger partial charge < -0.3 is 10.4 Å². The standard InChI is InChI=1S/C12H14N2O6S/c15-12(16)8-3-4-10(11(6-8)14(17)18)13-9-2-1-5-21(19,20)7-9/h3-4,6,9,13H,1-2,5,7H2,(H,15,16). The third kappa shape index (κ3) is 3.69. The lowest BCUT2D eigenvalue weighted by Crippen LogP contribution is -2.35. The van der Waals surface area contributed by atoms with Crippen LogP contribution in [0.5, 0.6) is 0 Å². The molecule has 1 aromatic rings. The fourth-order valence-corrected chi connectivity index (χ4v) is 3.93. The summed E-state index contributed by atoms with van der Waals surface area (Å²) < 4.78 is 23.1. The Hall–Kier alpha value is -2.16. The van der Waals surface area contributed by atoms with Crippen molar-refractivity contribution in [1.29, 1.82) is 0 Å². The smallest absolute Gasteiger partial charge is 0.335 e. The Morgan fingerprint density at radius 2 is 2.14 bits per heavy atom. The molecule has 2 N–H and O–H groups in total. The first kappa shape index (κ1) is 15.2. The number of carboxylic acid groups (broad SMARTS) is 1. The van der Waals surface area contributed by atoms with E-state index >= 15 is 0 Å². The summed E-state index contributed by atoms with van der Waals surface area (Å²) in [7, 11) is -3.13. The number of nitrogens with one attached hydrogen (secondary N) is 1. The fourth-order valence-electron chi connectivity index (χ4n) is 2.29. The number of hydrogen-bond acceptors (Lipinski definition) is 6. The number of hydrogen-bond donors (Lipinski definition) is 2. The number of carboxylic acids is 1. The molecule has 1 aliphatic rings. The molecular weight excluding hydrogens is 300 g/mol. The van der Waals surface area contributed by atoms with Gasteiger partial charge in [-0.2, -0.15) is 0 Å². The van der Waals surface area contributed by atoms with Crippen LogP contribution < -0.4 is 5.32 Å². The van der Waals surface area contributed by atoms with Crippen molar-refractivity contribution in [3.05, 3.63) is 33.9 Å². The van der Waals surface area contributed by atoms with Crippen LogP contribution in [0.3, 0.4) is 0 Å². The normalized spacial score (nSPS) is 20.7. The van der Waals surface area contributed by atoms with Gasteiger partial charge in [0.25, 0.3) is 5.69 Å². The molecular formula is C12H14N2O6S. The average Bonchev–Trinajstić information content (AvgIpc) is 2.37. The maximum absolute atomic E-state index is 11.6. The Labute approximate surface area is 120 Å². The van der Waals surface area contributed by atoms with E-state index in [1.165, 1.54) is 12.1 Å². The van der Waals surface area contributed by atoms with E-state index in [2.05, 4.69) is 5.32 Å². The molecule has 1 heterocycles. The number of anilines is 1. The summed E-state index contributed by atoms with van der Waals surface area (Å²) in [6.07, 6.45) is 1.10. The minimum atomic E-state index is -3.13. The minimum absolute atomic E-state index is 0.0785. The minimum Gasteiger partial charge on any atom is -0.478 e. The van der Waals surface area contributed by atoms with Crippen LogP contribution in [0, 0.1) is 10.1 Å². The molecule has 0 saturated carbocycles. The molecule has 21 heavy (non-hydrogen) atoms. The van der Waals surface area contributed by atoms with E-state index in [1.54, 1.807) is 0 Å². The second-order valence-electron chi connectivity index (χ2n) is 4.89. The molecule has 0 radical (unpaired) electrons. The van der Waals surface area contributed by atoms with Crippen LogP contribution in [0.2, 0.25) is 0 Å². The van der Waals surface area contributed by atoms with Gasteiger partial charge in [-0.25, -0.2) is 13.2 Å². The zero-order valence-corrected chi connectivity index (χ0v) is 11.8. The third-order valence-corrected chi connectivity index (χ3v) is 5.08. The number of benzene rings is 1. The highest BCUT2D eigenvalue weighted by atomic mass is 32.2. The molecule has 1 aliphatic heterocycles. The molecule has 0 amide bonds. The highest BCUT2D eigenvalue weighted by Crippen LogP contribution is 2.28. The van der Waals surface area contributed by atoms with E-state index < -0.39 is 26.8 Å². The SMILES string of the molecule is O=C(O)c1ccc(NC2CCCS(=O)(=O)C2)c([N+](=O)[O-])c1. The van der Waals surface area contributed by atoms with E-state index in [-0.39, 0.29) is 28.4 Å². The van der Waals surface area contributed by atoms with E-state index in [0.29, 0.717) is 12.8 Å². The van der Waals surface area contributed by atoms with Gasteiger partial charge in [0.2, 0.25) is 0 Å². The lowest BCUT2D eigenvalue weighted by molar-refractivity contribution is -0.384. The Bertz CT molecular complexity index is 685. The second kappa shape index (κ2) is 5.68. The summed E-state index contributed by atoms with van der Waals surface area (Å²) in [4.78, 5) is 21.2. The van der Waals surface area contributed by atoms with Gasteiger partial charge in [-0.3, -0.25) is 10.1 Å². The third-order valence-electron chi connectivity index (χ3n) is 3.26. The predicted octanol–water partition coefficient (Wildman–Crippen LogP) is 1.28. The number of carbonyl (C=O) groups is 1. The summed E-state index contributed by atoms with van der Waals surface area (Å²) >= 11 is 0. The van der Waals surface area contributed by atoms with Crippen molar-refractivity contribution in [2.24, 2.45) is 0 Å². The monoisotopic (exact) mass is 314 g/mol. The van der Waals surface area contributed by atoms with Crippen LogP contribution in [0.15, 0.2) is 18.2 Å². The Balaban J connectivity index is 2.27. The summed E-state index contributed by atoms with van der Waals surface area (Å²) in [5.74, 6) is -1.21. The average molecular weight is 314 g/mol. The molecule has 0 bridgehead atoms. The molecule has 0 aromatic heterocycles. The van der Waals surface area contributed by atoms with Gasteiger partial charge in [0, 0.05) is 12.1 Å². The molecule has 2 rings (SSSR count). The lowest BCUT2D eigenvalue weighted by atomic mass is 10.1. The maximum Gasteiger partial charge on any atom is 0.335 e. The van der Waals surface area contributed by atoms with E-state index in [9.17, 15) is 23.3 Å². The number of nitro benzene ring substituents is 1. The number of rotatable bonds is 4. The van der Waals surface area contributed by atoms with Crippen molar-refractivity contribution < 1.29 is 23.2 Å². The molecule has 0 aliphatic carbocycles. The molecule has 1 aromatic carbocycles. The van der Waals surface area contributed by atoms with Crippen molar-refractivity contribution in [1.82, 2.24) is 0 Å². The van der Waals surface area contributed by atoms with Crippen molar-refractivity contribution in [3.63, 3.8) is 0 Å². The Morgan fingerprint density at radius 1 is 1.43 bits per heavy atom. The molecule has 1 fully saturated rings. The Morgan fingerprint density at radius 3 is 2.71 bits per heavy atom. The summed E-state index contributed by atoms with van der Waals surface area (Å²) in [5.41, 5.74) is -0.437. The van der Waals surface area contributed by atoms with Crippen molar-refractivity contribution in [2.75, 3.05) is 16.8 Å². The van der Waals surface area contributed by atoms with Gasteiger partial charge in [0.1, 0.15) is 5.69 Å². The molecule has 1 atom stereocenters. The second-order valence-corrected chi connectivity index (χ2v) is 7.12. The van der Waals surface area contributed by atoms with Gasteiger partial charge in [-0.05, 0) is 25.0 Å². The van der Waals surface area contributed by atoms with Crippen LogP contribution in [-0.2, 0) is 9.84 Å². The summed E-state index contributed by atoms with van der Waals surface area (Å²) in [6.45, 7) is 0. The van der Waals surface area contributed by atoms with Gasteiger partial charge in [0.15, 0.2) is 9.84 Å². The van der Waals surface area contributed by atoms with Crippen molar-refractivity contribution in [3.8, 4) is 0 Å². The van der Waals surface area contributed by atoms with Gasteiger partial charge in [0.05, 0.1) is 22.0 Å². The molecule has 1 unspecified atom stereocenters. The lowest BCUT2D eigenvalue weighted by Gasteiger charge is -2.23. The fraction of sp³-hybridized carbons (Fsp3) is 0.417. The van der Waals surface area contributed by atoms with Crippen molar-refractivity contribution in [2.45, 2.75) is 18.9 Å². The quantitative estimate of drug-likeness (QED) is 0.633. The highest BCUT2D eigenvalue weighted by Gasteiger charge is 2.27. The maximum atomic E-state index is 11.6. The van der Waals surface area contributed by atoms with Gasteiger partial charge in [-0.1, -0.05) is 0 Å². The van der Waals surface area contributed by atoms with Crippen molar-refractivity contribution >= 4 is 27.2 Å². The number of nitrogens with zero attached hydrogens (tertiary/aromatic N) is 1. The first-order chi connectivity index (χ1) is 9.78. The van der Waals surface area contributed by atoms with Crippen LogP contribution in [0.1, 0.15) is 23.2 Å². The zero-order valence-electron chi connectivity index (χ0n) is 11.0. The van der Waals surface area contributed by atoms with Crippen LogP contribution in [0.25, 0.3) is 0 Å². The number of nitro groups is 1. The first-order valence-corrected chi connectivity index (χ1v) is 8.09. The first-order valence-electron chi connectivity index (χ1n) is 6.27. The largest absolute Gasteiger partial charge is 0.478 e. The molecule has 9 heteroatoms. The molecule has 8 nitrogen and oxygen atoms in total. The summed E-state index contributed by atoms with van der Waals surface area (Å²) in [5, 5.41) is 22.7. The van der Waals surface area contributed by atoms with E-state index in [1.807, 2.05) is 0 Å². The van der Waals surface area contributed by atoms with Crippen LogP contribution >= 0.6 is 0 Å². The molecule has 1 saturated heterocycles. The van der Waals surface area contributed by atoms with Gasteiger partial charge in [-0.15, -0.1) is 0 Å².